The fourth-order valence-electron chi connectivity index (χ4n) is 4.85. The van der Waals surface area contributed by atoms with E-state index in [1.807, 2.05) is 12.1 Å². The number of rotatable bonds is 2. The summed E-state index contributed by atoms with van der Waals surface area (Å²) in [6.45, 7) is 9.34. The van der Waals surface area contributed by atoms with E-state index >= 15 is 0 Å². The van der Waals surface area contributed by atoms with Crippen LogP contribution in [0.4, 0.5) is 0 Å². The van der Waals surface area contributed by atoms with E-state index in [0.717, 1.165) is 34.2 Å². The summed E-state index contributed by atoms with van der Waals surface area (Å²) in [4.78, 5) is 4.88. The highest BCUT2D eigenvalue weighted by Gasteiger charge is 2.43. The Bertz CT molecular complexity index is 1000. The molecular weight excluding hydrogens is 310 g/mol. The Labute approximate surface area is 149 Å². The zero-order chi connectivity index (χ0) is 18.0. The second kappa shape index (κ2) is 5.10. The molecule has 1 heterocycles. The van der Waals surface area contributed by atoms with Gasteiger partial charge >= 0.3 is 0 Å². The third-order valence-corrected chi connectivity index (χ3v) is 5.65. The molecule has 0 atom stereocenters. The molecule has 0 N–H and O–H groups in total. The van der Waals surface area contributed by atoms with Gasteiger partial charge in [0.2, 0.25) is 0 Å². The van der Waals surface area contributed by atoms with Gasteiger partial charge in [0.05, 0.1) is 19.7 Å². The molecular formula is C22H25NO2. The Morgan fingerprint density at radius 3 is 2.24 bits per heavy atom. The molecule has 0 amide bonds. The Morgan fingerprint density at radius 2 is 1.56 bits per heavy atom. The maximum Gasteiger partial charge on any atom is 0.161 e. The van der Waals surface area contributed by atoms with Crippen molar-refractivity contribution in [1.29, 1.82) is 0 Å². The van der Waals surface area contributed by atoms with Crippen LogP contribution in [0.3, 0.4) is 0 Å². The normalized spacial score (nSPS) is 17.7. The SMILES string of the molecule is COc1cc2ccc3c4c(cnc3c2cc1OC)C(C)(C)CC4(C)C. The Hall–Kier alpha value is -2.29. The van der Waals surface area contributed by atoms with Crippen molar-refractivity contribution in [3.8, 4) is 11.5 Å². The van der Waals surface area contributed by atoms with Crippen molar-refractivity contribution in [2.24, 2.45) is 0 Å². The van der Waals surface area contributed by atoms with Gasteiger partial charge in [0.1, 0.15) is 0 Å². The number of aromatic nitrogens is 1. The third-order valence-electron chi connectivity index (χ3n) is 5.65. The molecule has 2 aromatic carbocycles. The van der Waals surface area contributed by atoms with E-state index in [9.17, 15) is 0 Å². The van der Waals surface area contributed by atoms with Crippen molar-refractivity contribution in [2.45, 2.75) is 44.9 Å². The number of hydrogen-bond acceptors (Lipinski definition) is 3. The second-order valence-corrected chi connectivity index (χ2v) is 8.38. The largest absolute Gasteiger partial charge is 0.493 e. The van der Waals surface area contributed by atoms with E-state index in [1.54, 1.807) is 14.2 Å². The monoisotopic (exact) mass is 335 g/mol. The average Bonchev–Trinajstić information content (AvgIpc) is 2.77. The summed E-state index contributed by atoms with van der Waals surface area (Å²) >= 11 is 0. The van der Waals surface area contributed by atoms with Crippen LogP contribution >= 0.6 is 0 Å². The molecule has 3 aromatic rings. The molecule has 0 aliphatic heterocycles. The molecule has 1 aromatic heterocycles. The smallest absolute Gasteiger partial charge is 0.161 e. The molecule has 0 unspecified atom stereocenters. The van der Waals surface area contributed by atoms with Gasteiger partial charge in [0, 0.05) is 17.0 Å². The first kappa shape index (κ1) is 16.2. The van der Waals surface area contributed by atoms with Crippen LogP contribution in [-0.4, -0.2) is 19.2 Å². The molecule has 0 fully saturated rings. The number of ether oxygens (including phenoxy) is 2. The standard InChI is InChI=1S/C22H25NO2/c1-21(2)12-22(3,4)19-14-8-7-13-9-17(24-5)18(25-6)10-15(13)20(14)23-11-16(19)21/h7-11H,12H2,1-6H3. The minimum absolute atomic E-state index is 0.143. The van der Waals surface area contributed by atoms with Crippen molar-refractivity contribution >= 4 is 21.7 Å². The summed E-state index contributed by atoms with van der Waals surface area (Å²) in [6.07, 6.45) is 3.22. The Morgan fingerprint density at radius 1 is 0.880 bits per heavy atom. The van der Waals surface area contributed by atoms with Crippen LogP contribution in [0.1, 0.15) is 45.2 Å². The van der Waals surface area contributed by atoms with E-state index in [1.165, 1.54) is 16.5 Å². The summed E-state index contributed by atoms with van der Waals surface area (Å²) in [5.41, 5.74) is 4.17. The van der Waals surface area contributed by atoms with Gasteiger partial charge in [-0.15, -0.1) is 0 Å². The van der Waals surface area contributed by atoms with E-state index < -0.39 is 0 Å². The fourth-order valence-corrected chi connectivity index (χ4v) is 4.85. The topological polar surface area (TPSA) is 31.4 Å². The minimum Gasteiger partial charge on any atom is -0.493 e. The summed E-state index contributed by atoms with van der Waals surface area (Å²) < 4.78 is 11.0. The highest BCUT2D eigenvalue weighted by Crippen LogP contribution is 2.52. The van der Waals surface area contributed by atoms with Crippen molar-refractivity contribution in [3.63, 3.8) is 0 Å². The van der Waals surface area contributed by atoms with Crippen LogP contribution in [-0.2, 0) is 10.8 Å². The number of nitrogens with zero attached hydrogens (tertiary/aromatic N) is 1. The first-order valence-corrected chi connectivity index (χ1v) is 8.77. The molecule has 0 spiro atoms. The van der Waals surface area contributed by atoms with Crippen LogP contribution in [0.25, 0.3) is 21.7 Å². The summed E-state index contributed by atoms with van der Waals surface area (Å²) in [6, 6.07) is 8.46. The molecule has 25 heavy (non-hydrogen) atoms. The van der Waals surface area contributed by atoms with Gasteiger partial charge < -0.3 is 9.47 Å². The van der Waals surface area contributed by atoms with Gasteiger partial charge in [-0.2, -0.15) is 0 Å². The lowest BCUT2D eigenvalue weighted by Gasteiger charge is -2.23. The third kappa shape index (κ3) is 2.21. The van der Waals surface area contributed by atoms with Crippen LogP contribution < -0.4 is 9.47 Å². The molecule has 3 nitrogen and oxygen atoms in total. The molecule has 130 valence electrons. The van der Waals surface area contributed by atoms with Gasteiger partial charge in [0.15, 0.2) is 11.5 Å². The van der Waals surface area contributed by atoms with Gasteiger partial charge in [-0.1, -0.05) is 39.8 Å². The Kier molecular flexibility index (Phi) is 3.31. The van der Waals surface area contributed by atoms with Crippen molar-refractivity contribution < 1.29 is 9.47 Å². The maximum absolute atomic E-state index is 5.51. The Balaban J connectivity index is 2.11. The number of methoxy groups -OCH3 is 2. The van der Waals surface area contributed by atoms with Crippen molar-refractivity contribution in [2.75, 3.05) is 14.2 Å². The zero-order valence-corrected chi connectivity index (χ0v) is 15.9. The van der Waals surface area contributed by atoms with Gasteiger partial charge in [0.25, 0.3) is 0 Å². The predicted octanol–water partition coefficient (Wildman–Crippen LogP) is 5.36. The quantitative estimate of drug-likeness (QED) is 0.590. The van der Waals surface area contributed by atoms with E-state index in [-0.39, 0.29) is 10.8 Å². The summed E-state index contributed by atoms with van der Waals surface area (Å²) in [5.74, 6) is 1.49. The molecule has 0 saturated heterocycles. The van der Waals surface area contributed by atoms with Gasteiger partial charge in [-0.25, -0.2) is 0 Å². The predicted molar refractivity (Wildman–Crippen MR) is 103 cm³/mol. The van der Waals surface area contributed by atoms with Crippen molar-refractivity contribution in [1.82, 2.24) is 4.98 Å². The fraction of sp³-hybridized carbons (Fsp3) is 0.409. The molecule has 4 rings (SSSR count). The van der Waals surface area contributed by atoms with Crippen molar-refractivity contribution in [3.05, 3.63) is 41.6 Å². The highest BCUT2D eigenvalue weighted by atomic mass is 16.5. The average molecular weight is 335 g/mol. The summed E-state index contributed by atoms with van der Waals surface area (Å²) in [5, 5.41) is 3.49. The number of fused-ring (bicyclic) bond motifs is 5. The number of benzene rings is 2. The molecule has 0 radical (unpaired) electrons. The number of pyridine rings is 1. The number of hydrogen-bond donors (Lipinski definition) is 0. The molecule has 1 aliphatic rings. The lowest BCUT2D eigenvalue weighted by atomic mass is 9.81. The highest BCUT2D eigenvalue weighted by molar-refractivity contribution is 6.08. The van der Waals surface area contributed by atoms with Crippen LogP contribution in [0.15, 0.2) is 30.5 Å². The van der Waals surface area contributed by atoms with Crippen LogP contribution in [0.5, 0.6) is 11.5 Å². The molecule has 0 bridgehead atoms. The van der Waals surface area contributed by atoms with Gasteiger partial charge in [-0.3, -0.25) is 4.98 Å². The van der Waals surface area contributed by atoms with E-state index in [2.05, 4.69) is 46.0 Å². The van der Waals surface area contributed by atoms with E-state index in [4.69, 9.17) is 14.5 Å². The molecule has 3 heteroatoms. The zero-order valence-electron chi connectivity index (χ0n) is 15.9. The lowest BCUT2D eigenvalue weighted by Crippen LogP contribution is -2.18. The van der Waals surface area contributed by atoms with E-state index in [0.29, 0.717) is 0 Å². The van der Waals surface area contributed by atoms with Crippen LogP contribution in [0, 0.1) is 0 Å². The first-order chi connectivity index (χ1) is 11.8. The van der Waals surface area contributed by atoms with Gasteiger partial charge in [-0.05, 0) is 45.9 Å². The van der Waals surface area contributed by atoms with Crippen LogP contribution in [0.2, 0.25) is 0 Å². The minimum atomic E-state index is 0.143. The molecule has 0 saturated carbocycles. The maximum atomic E-state index is 5.51. The second-order valence-electron chi connectivity index (χ2n) is 8.38. The summed E-state index contributed by atoms with van der Waals surface area (Å²) in [7, 11) is 3.34. The lowest BCUT2D eigenvalue weighted by molar-refractivity contribution is 0.356. The molecule has 1 aliphatic carbocycles. The first-order valence-electron chi connectivity index (χ1n) is 8.77.